The molecule has 1 saturated heterocycles. The van der Waals surface area contributed by atoms with Crippen LogP contribution in [0, 0.1) is 13.8 Å². The number of hydrogen-bond acceptors (Lipinski definition) is 5. The second-order valence-electron chi connectivity index (χ2n) is 7.05. The van der Waals surface area contributed by atoms with Gasteiger partial charge in [0.15, 0.2) is 0 Å². The molecule has 1 aromatic heterocycles. The molecule has 0 radical (unpaired) electrons. The average Bonchev–Trinajstić information content (AvgIpc) is 2.99. The molecule has 1 aliphatic heterocycles. The normalized spacial score (nSPS) is 16.2. The van der Waals surface area contributed by atoms with Gasteiger partial charge in [-0.25, -0.2) is 17.7 Å². The molecule has 0 atom stereocenters. The Morgan fingerprint density at radius 3 is 2.39 bits per heavy atom. The highest BCUT2D eigenvalue weighted by Gasteiger charge is 2.25. The van der Waals surface area contributed by atoms with Crippen molar-refractivity contribution in [2.24, 2.45) is 0 Å². The molecule has 3 rings (SSSR count). The Morgan fingerprint density at radius 2 is 1.86 bits per heavy atom. The van der Waals surface area contributed by atoms with E-state index in [1.165, 1.54) is 10.6 Å². The molecule has 0 aliphatic carbocycles. The maximum Gasteiger partial charge on any atom is 0.250 e. The first kappa shape index (κ1) is 20.5. The first-order chi connectivity index (χ1) is 13.2. The molecule has 8 nitrogen and oxygen atoms in total. The first-order valence-electron chi connectivity index (χ1n) is 9.21. The van der Waals surface area contributed by atoms with Crippen LogP contribution in [0.15, 0.2) is 30.6 Å². The van der Waals surface area contributed by atoms with Crippen LogP contribution in [0.25, 0.3) is 5.69 Å². The number of aryl methyl sites for hydroxylation is 1. The molecule has 2 heterocycles. The summed E-state index contributed by atoms with van der Waals surface area (Å²) < 4.78 is 32.1. The van der Waals surface area contributed by atoms with E-state index in [2.05, 4.69) is 10.3 Å². The van der Waals surface area contributed by atoms with Gasteiger partial charge in [0.05, 0.1) is 24.4 Å². The fourth-order valence-electron chi connectivity index (χ4n) is 3.19. The average molecular weight is 407 g/mol. The Morgan fingerprint density at radius 1 is 1.21 bits per heavy atom. The number of piperidine rings is 1. The number of amides is 1. The molecule has 9 heteroatoms. The summed E-state index contributed by atoms with van der Waals surface area (Å²) in [6.07, 6.45) is 4.08. The van der Waals surface area contributed by atoms with E-state index in [0.29, 0.717) is 31.6 Å². The van der Waals surface area contributed by atoms with Crippen molar-refractivity contribution in [2.45, 2.75) is 32.8 Å². The van der Waals surface area contributed by atoms with Crippen molar-refractivity contribution in [2.75, 3.05) is 31.3 Å². The maximum atomic E-state index is 12.1. The van der Waals surface area contributed by atoms with E-state index < -0.39 is 10.0 Å². The van der Waals surface area contributed by atoms with Gasteiger partial charge in [-0.2, -0.15) is 0 Å². The van der Waals surface area contributed by atoms with E-state index >= 15 is 0 Å². The van der Waals surface area contributed by atoms with Crippen molar-refractivity contribution < 1.29 is 17.9 Å². The second kappa shape index (κ2) is 8.42. The Hall–Kier alpha value is -2.23. The van der Waals surface area contributed by atoms with Crippen LogP contribution >= 0.6 is 0 Å². The number of carbonyl (C=O) groups is 1. The molecular weight excluding hydrogens is 380 g/mol. The van der Waals surface area contributed by atoms with E-state index in [4.69, 9.17) is 4.74 Å². The topological polar surface area (TPSA) is 93.5 Å². The minimum Gasteiger partial charge on any atom is -0.368 e. The van der Waals surface area contributed by atoms with Gasteiger partial charge in [-0.15, -0.1) is 0 Å². The monoisotopic (exact) mass is 406 g/mol. The lowest BCUT2D eigenvalue weighted by molar-refractivity contribution is -0.123. The lowest BCUT2D eigenvalue weighted by Crippen LogP contribution is -2.40. The van der Waals surface area contributed by atoms with Gasteiger partial charge in [-0.1, -0.05) is 0 Å². The van der Waals surface area contributed by atoms with Crippen LogP contribution in [0.4, 0.5) is 5.69 Å². The standard InChI is InChI=1S/C19H26N4O4S/c1-14-15(2)23(13-20-14)17-6-4-16(5-7-17)21-19(24)12-27-18-8-10-22(11-9-18)28(3,25)26/h4-7,13,18H,8-12H2,1-3H3,(H,21,24). The number of aromatic nitrogens is 2. The van der Waals surface area contributed by atoms with Crippen molar-refractivity contribution in [1.82, 2.24) is 13.9 Å². The highest BCUT2D eigenvalue weighted by molar-refractivity contribution is 7.88. The van der Waals surface area contributed by atoms with E-state index in [1.807, 2.05) is 42.7 Å². The van der Waals surface area contributed by atoms with Crippen LogP contribution < -0.4 is 5.32 Å². The maximum absolute atomic E-state index is 12.1. The Bertz CT molecular complexity index is 929. The van der Waals surface area contributed by atoms with Gasteiger partial charge >= 0.3 is 0 Å². The number of sulfonamides is 1. The summed E-state index contributed by atoms with van der Waals surface area (Å²) >= 11 is 0. The number of hydrogen-bond donors (Lipinski definition) is 1. The Kier molecular flexibility index (Phi) is 6.17. The van der Waals surface area contributed by atoms with Crippen LogP contribution in [0.2, 0.25) is 0 Å². The third kappa shape index (κ3) is 4.98. The number of nitrogens with zero attached hydrogens (tertiary/aromatic N) is 3. The van der Waals surface area contributed by atoms with E-state index in [1.54, 1.807) is 6.33 Å². The fraction of sp³-hybridized carbons (Fsp3) is 0.474. The first-order valence-corrected chi connectivity index (χ1v) is 11.1. The molecule has 2 aromatic rings. The number of rotatable bonds is 6. The lowest BCUT2D eigenvalue weighted by atomic mass is 10.1. The zero-order valence-corrected chi connectivity index (χ0v) is 17.2. The summed E-state index contributed by atoms with van der Waals surface area (Å²) in [7, 11) is -3.15. The summed E-state index contributed by atoms with van der Waals surface area (Å²) in [6.45, 7) is 4.78. The van der Waals surface area contributed by atoms with Crippen molar-refractivity contribution in [3.8, 4) is 5.69 Å². The summed E-state index contributed by atoms with van der Waals surface area (Å²) in [6, 6.07) is 7.52. The highest BCUT2D eigenvalue weighted by Crippen LogP contribution is 2.18. The van der Waals surface area contributed by atoms with Gasteiger partial charge in [0.1, 0.15) is 6.61 Å². The van der Waals surface area contributed by atoms with Crippen molar-refractivity contribution >= 4 is 21.6 Å². The molecule has 0 unspecified atom stereocenters. The zero-order chi connectivity index (χ0) is 20.3. The number of ether oxygens (including phenoxy) is 1. The van der Waals surface area contributed by atoms with Gasteiger partial charge in [0.25, 0.3) is 0 Å². The summed E-state index contributed by atoms with van der Waals surface area (Å²) in [4.78, 5) is 16.4. The predicted molar refractivity (Wildman–Crippen MR) is 107 cm³/mol. The summed E-state index contributed by atoms with van der Waals surface area (Å²) in [5.74, 6) is -0.229. The number of carbonyl (C=O) groups excluding carboxylic acids is 1. The van der Waals surface area contributed by atoms with Gasteiger partial charge < -0.3 is 14.6 Å². The number of nitrogens with one attached hydrogen (secondary N) is 1. The highest BCUT2D eigenvalue weighted by atomic mass is 32.2. The molecule has 1 fully saturated rings. The van der Waals surface area contributed by atoms with Crippen LogP contribution in [0.1, 0.15) is 24.2 Å². The van der Waals surface area contributed by atoms with Crippen LogP contribution in [0.3, 0.4) is 0 Å². The van der Waals surface area contributed by atoms with Gasteiger partial charge in [-0.05, 0) is 51.0 Å². The lowest BCUT2D eigenvalue weighted by Gasteiger charge is -2.29. The number of imidazole rings is 1. The Balaban J connectivity index is 1.47. The molecule has 1 aromatic carbocycles. The molecule has 1 aliphatic rings. The molecule has 0 bridgehead atoms. The van der Waals surface area contributed by atoms with E-state index in [9.17, 15) is 13.2 Å². The number of anilines is 1. The summed E-state index contributed by atoms with van der Waals surface area (Å²) in [5.41, 5.74) is 3.73. The van der Waals surface area contributed by atoms with Gasteiger partial charge in [0, 0.05) is 30.2 Å². The SMILES string of the molecule is Cc1ncn(-c2ccc(NC(=O)COC3CCN(S(C)(=O)=O)CC3)cc2)c1C. The number of benzene rings is 1. The minimum absolute atomic E-state index is 0.0505. The molecule has 152 valence electrons. The molecule has 28 heavy (non-hydrogen) atoms. The third-order valence-electron chi connectivity index (χ3n) is 5.00. The molecule has 0 spiro atoms. The van der Waals surface area contributed by atoms with Gasteiger partial charge in [0.2, 0.25) is 15.9 Å². The fourth-order valence-corrected chi connectivity index (χ4v) is 4.06. The van der Waals surface area contributed by atoms with Crippen LogP contribution in [-0.2, 0) is 19.6 Å². The largest absolute Gasteiger partial charge is 0.368 e. The van der Waals surface area contributed by atoms with Crippen LogP contribution in [-0.4, -0.2) is 60.2 Å². The van der Waals surface area contributed by atoms with Crippen molar-refractivity contribution in [3.05, 3.63) is 42.0 Å². The Labute approximate surface area is 165 Å². The molecular formula is C19H26N4O4S. The minimum atomic E-state index is -3.15. The molecule has 1 amide bonds. The third-order valence-corrected chi connectivity index (χ3v) is 6.30. The predicted octanol–water partition coefficient (Wildman–Crippen LogP) is 1.87. The van der Waals surface area contributed by atoms with Crippen molar-refractivity contribution in [3.63, 3.8) is 0 Å². The molecule has 1 N–H and O–H groups in total. The second-order valence-corrected chi connectivity index (χ2v) is 9.04. The zero-order valence-electron chi connectivity index (χ0n) is 16.4. The summed E-state index contributed by atoms with van der Waals surface area (Å²) in [5, 5.41) is 2.82. The molecule has 0 saturated carbocycles. The smallest absolute Gasteiger partial charge is 0.250 e. The quantitative estimate of drug-likeness (QED) is 0.790. The van der Waals surface area contributed by atoms with E-state index in [-0.39, 0.29) is 18.6 Å². The van der Waals surface area contributed by atoms with E-state index in [0.717, 1.165) is 17.1 Å². The van der Waals surface area contributed by atoms with Crippen LogP contribution in [0.5, 0.6) is 0 Å². The van der Waals surface area contributed by atoms with Gasteiger partial charge in [-0.3, -0.25) is 4.79 Å². The van der Waals surface area contributed by atoms with Crippen molar-refractivity contribution in [1.29, 1.82) is 0 Å².